The molecule has 0 aliphatic carbocycles. The lowest BCUT2D eigenvalue weighted by atomic mass is 9.99. The van der Waals surface area contributed by atoms with Crippen molar-refractivity contribution in [3.63, 3.8) is 0 Å². The number of sulfonamides is 1. The first-order chi connectivity index (χ1) is 14.3. The van der Waals surface area contributed by atoms with Crippen LogP contribution in [-0.2, 0) is 21.4 Å². The Balaban J connectivity index is 1.55. The molecule has 10 heteroatoms. The Kier molecular flexibility index (Phi) is 5.37. The zero-order chi connectivity index (χ0) is 21.5. The van der Waals surface area contributed by atoms with E-state index in [1.54, 1.807) is 13.8 Å². The topological polar surface area (TPSA) is 110 Å². The van der Waals surface area contributed by atoms with E-state index in [-0.39, 0.29) is 23.1 Å². The van der Waals surface area contributed by atoms with Gasteiger partial charge in [0.25, 0.3) is 0 Å². The molecular formula is C20H25N5O4S. The summed E-state index contributed by atoms with van der Waals surface area (Å²) in [6, 6.07) is 7.69. The van der Waals surface area contributed by atoms with Gasteiger partial charge >= 0.3 is 0 Å². The normalized spacial score (nSPS) is 18.0. The summed E-state index contributed by atoms with van der Waals surface area (Å²) in [5, 5.41) is 6.67. The van der Waals surface area contributed by atoms with Crippen molar-refractivity contribution in [2.24, 2.45) is 5.92 Å². The fraction of sp³-hybridized carbons (Fsp3) is 0.450. The minimum atomic E-state index is -3.78. The molecule has 30 heavy (non-hydrogen) atoms. The van der Waals surface area contributed by atoms with E-state index in [9.17, 15) is 13.2 Å². The fourth-order valence-electron chi connectivity index (χ4n) is 4.05. The van der Waals surface area contributed by atoms with Crippen molar-refractivity contribution in [2.45, 2.75) is 45.1 Å². The quantitative estimate of drug-likeness (QED) is 0.665. The molecule has 0 saturated carbocycles. The molecule has 0 spiro atoms. The molecule has 1 unspecified atom stereocenters. The Labute approximate surface area is 175 Å². The second kappa shape index (κ2) is 7.84. The zero-order valence-corrected chi connectivity index (χ0v) is 18.1. The number of aryl methyl sites for hydroxylation is 3. The van der Waals surface area contributed by atoms with Crippen molar-refractivity contribution in [1.82, 2.24) is 19.0 Å². The molecule has 2 aromatic heterocycles. The molecule has 1 aromatic carbocycles. The van der Waals surface area contributed by atoms with Gasteiger partial charge < -0.3 is 9.09 Å². The number of nitrogens with one attached hydrogen (secondary N) is 1. The lowest BCUT2D eigenvalue weighted by Gasteiger charge is -2.31. The van der Waals surface area contributed by atoms with E-state index < -0.39 is 15.9 Å². The van der Waals surface area contributed by atoms with Crippen LogP contribution in [0.1, 0.15) is 31.2 Å². The number of amides is 1. The summed E-state index contributed by atoms with van der Waals surface area (Å²) in [5.41, 5.74) is 2.08. The van der Waals surface area contributed by atoms with Crippen LogP contribution >= 0.6 is 0 Å². The maximum atomic E-state index is 13.1. The van der Waals surface area contributed by atoms with Crippen LogP contribution in [-0.4, -0.2) is 46.4 Å². The molecule has 1 atom stereocenters. The number of para-hydroxylation sites is 2. The van der Waals surface area contributed by atoms with Gasteiger partial charge in [0.2, 0.25) is 21.9 Å². The van der Waals surface area contributed by atoms with Crippen LogP contribution in [0, 0.1) is 19.8 Å². The van der Waals surface area contributed by atoms with E-state index in [0.29, 0.717) is 37.6 Å². The van der Waals surface area contributed by atoms with Crippen molar-refractivity contribution in [3.05, 3.63) is 35.7 Å². The lowest BCUT2D eigenvalue weighted by molar-refractivity contribution is -0.120. The largest absolute Gasteiger partial charge is 0.360 e. The fourth-order valence-corrected chi connectivity index (χ4v) is 5.86. The van der Waals surface area contributed by atoms with Crippen LogP contribution in [0.15, 0.2) is 33.7 Å². The highest BCUT2D eigenvalue weighted by Crippen LogP contribution is 2.28. The average Bonchev–Trinajstić information content (AvgIpc) is 3.26. The minimum Gasteiger partial charge on any atom is -0.360 e. The Hall–Kier alpha value is -2.72. The summed E-state index contributed by atoms with van der Waals surface area (Å²) in [6.45, 7) is 6.31. The molecule has 160 valence electrons. The van der Waals surface area contributed by atoms with Gasteiger partial charge in [-0.15, -0.1) is 0 Å². The molecule has 1 amide bonds. The minimum absolute atomic E-state index is 0.0938. The number of aromatic nitrogens is 3. The third-order valence-electron chi connectivity index (χ3n) is 5.53. The Bertz CT molecular complexity index is 1180. The maximum absolute atomic E-state index is 13.1. The number of nitrogens with zero attached hydrogens (tertiary/aromatic N) is 4. The highest BCUT2D eigenvalue weighted by atomic mass is 32.2. The molecule has 1 saturated heterocycles. The molecule has 3 heterocycles. The first-order valence-corrected chi connectivity index (χ1v) is 11.5. The van der Waals surface area contributed by atoms with E-state index in [1.165, 1.54) is 4.31 Å². The number of imidazole rings is 1. The predicted molar refractivity (Wildman–Crippen MR) is 111 cm³/mol. The molecule has 1 fully saturated rings. The summed E-state index contributed by atoms with van der Waals surface area (Å²) in [7, 11) is -3.78. The van der Waals surface area contributed by atoms with E-state index in [1.807, 2.05) is 35.8 Å². The third kappa shape index (κ3) is 3.50. The van der Waals surface area contributed by atoms with Crippen molar-refractivity contribution in [2.75, 3.05) is 18.4 Å². The molecule has 9 nitrogen and oxygen atoms in total. The first kappa shape index (κ1) is 20.5. The highest BCUT2D eigenvalue weighted by Gasteiger charge is 2.36. The predicted octanol–water partition coefficient (Wildman–Crippen LogP) is 2.70. The Morgan fingerprint density at radius 2 is 2.07 bits per heavy atom. The number of anilines is 1. The Morgan fingerprint density at radius 3 is 2.77 bits per heavy atom. The van der Waals surface area contributed by atoms with Gasteiger partial charge in [0.15, 0.2) is 5.76 Å². The van der Waals surface area contributed by atoms with Crippen molar-refractivity contribution < 1.29 is 17.7 Å². The highest BCUT2D eigenvalue weighted by molar-refractivity contribution is 7.89. The zero-order valence-electron chi connectivity index (χ0n) is 17.3. The van der Waals surface area contributed by atoms with Crippen molar-refractivity contribution in [3.8, 4) is 0 Å². The van der Waals surface area contributed by atoms with Gasteiger partial charge in [0, 0.05) is 19.6 Å². The molecule has 4 rings (SSSR count). The molecule has 1 aliphatic rings. The monoisotopic (exact) mass is 431 g/mol. The van der Waals surface area contributed by atoms with Crippen LogP contribution in [0.25, 0.3) is 11.0 Å². The van der Waals surface area contributed by atoms with E-state index in [2.05, 4.69) is 15.5 Å². The Morgan fingerprint density at radius 1 is 1.30 bits per heavy atom. The number of fused-ring (bicyclic) bond motifs is 1. The smallest absolute Gasteiger partial charge is 0.248 e. The number of hydrogen-bond acceptors (Lipinski definition) is 6. The maximum Gasteiger partial charge on any atom is 0.248 e. The average molecular weight is 432 g/mol. The number of benzene rings is 1. The standard InChI is InChI=1S/C20H25N5O4S/c1-4-25-17-10-6-5-9-16(17)21-20(25)22-19(26)15-8-7-11-24(12-15)30(27,28)18-13(2)23-29-14(18)3/h5-6,9-10,15H,4,7-8,11-12H2,1-3H3,(H,21,22,26). The summed E-state index contributed by atoms with van der Waals surface area (Å²) >= 11 is 0. The van der Waals surface area contributed by atoms with Gasteiger partial charge in [0.1, 0.15) is 10.6 Å². The van der Waals surface area contributed by atoms with Crippen LogP contribution in [0.3, 0.4) is 0 Å². The summed E-state index contributed by atoms with van der Waals surface area (Å²) in [6.07, 6.45) is 1.22. The third-order valence-corrected chi connectivity index (χ3v) is 7.64. The molecule has 1 aliphatic heterocycles. The van der Waals surface area contributed by atoms with Gasteiger partial charge in [-0.25, -0.2) is 13.4 Å². The van der Waals surface area contributed by atoms with Crippen molar-refractivity contribution >= 4 is 32.9 Å². The van der Waals surface area contributed by atoms with Gasteiger partial charge in [0.05, 0.1) is 17.0 Å². The number of rotatable bonds is 5. The number of piperidine rings is 1. The molecule has 1 N–H and O–H groups in total. The van der Waals surface area contributed by atoms with Crippen LogP contribution in [0.5, 0.6) is 0 Å². The van der Waals surface area contributed by atoms with Gasteiger partial charge in [-0.05, 0) is 45.7 Å². The van der Waals surface area contributed by atoms with Gasteiger partial charge in [-0.1, -0.05) is 17.3 Å². The number of carbonyl (C=O) groups excluding carboxylic acids is 1. The molecular weight excluding hydrogens is 406 g/mol. The van der Waals surface area contributed by atoms with E-state index in [4.69, 9.17) is 4.52 Å². The molecule has 0 bridgehead atoms. The summed E-state index contributed by atoms with van der Waals surface area (Å²) < 4.78 is 34.6. The summed E-state index contributed by atoms with van der Waals surface area (Å²) in [4.78, 5) is 17.6. The van der Waals surface area contributed by atoms with Crippen LogP contribution < -0.4 is 5.32 Å². The second-order valence-electron chi connectivity index (χ2n) is 7.51. The second-order valence-corrected chi connectivity index (χ2v) is 9.39. The molecule has 3 aromatic rings. The van der Waals surface area contributed by atoms with Crippen LogP contribution in [0.2, 0.25) is 0 Å². The lowest BCUT2D eigenvalue weighted by Crippen LogP contribution is -2.44. The first-order valence-electron chi connectivity index (χ1n) is 10.0. The summed E-state index contributed by atoms with van der Waals surface area (Å²) in [5.74, 6) is 0.0583. The number of hydrogen-bond donors (Lipinski definition) is 1. The molecule has 0 radical (unpaired) electrons. The number of carbonyl (C=O) groups is 1. The van der Waals surface area contributed by atoms with Crippen molar-refractivity contribution in [1.29, 1.82) is 0 Å². The van der Waals surface area contributed by atoms with E-state index in [0.717, 1.165) is 11.0 Å². The SMILES string of the molecule is CCn1c(NC(=O)C2CCCN(S(=O)(=O)c3c(C)noc3C)C2)nc2ccccc21. The van der Waals surface area contributed by atoms with Crippen LogP contribution in [0.4, 0.5) is 5.95 Å². The van der Waals surface area contributed by atoms with E-state index >= 15 is 0 Å². The van der Waals surface area contributed by atoms with Gasteiger partial charge in [-0.2, -0.15) is 4.31 Å². The van der Waals surface area contributed by atoms with Gasteiger partial charge in [-0.3, -0.25) is 10.1 Å².